The summed E-state index contributed by atoms with van der Waals surface area (Å²) < 4.78 is 0.857. The van der Waals surface area contributed by atoms with E-state index in [2.05, 4.69) is 26.3 Å². The van der Waals surface area contributed by atoms with E-state index in [-0.39, 0.29) is 0 Å². The van der Waals surface area contributed by atoms with E-state index in [1.54, 1.807) is 11.3 Å². The van der Waals surface area contributed by atoms with Crippen LogP contribution in [-0.2, 0) is 12.8 Å². The molecule has 2 aromatic rings. The molecule has 1 aliphatic heterocycles. The molecule has 2 aliphatic rings. The van der Waals surface area contributed by atoms with Gasteiger partial charge in [0.05, 0.1) is 10.0 Å². The first kappa shape index (κ1) is 16.1. The van der Waals surface area contributed by atoms with E-state index in [9.17, 15) is 0 Å². The maximum Gasteiger partial charge on any atom is 0.222 e. The molecule has 0 spiro atoms. The summed E-state index contributed by atoms with van der Waals surface area (Å²) in [6, 6.07) is 4.13. The normalized spacial score (nSPS) is 21.4. The fourth-order valence-electron chi connectivity index (χ4n) is 3.72. The third-order valence-corrected chi connectivity index (χ3v) is 6.30. The lowest BCUT2D eigenvalue weighted by molar-refractivity contribution is 0.576. The third-order valence-electron chi connectivity index (χ3n) is 4.91. The molecule has 5 nitrogen and oxygen atoms in total. The number of hydrogen-bond donors (Lipinski definition) is 2. The summed E-state index contributed by atoms with van der Waals surface area (Å²) in [5.74, 6) is 1.94. The highest BCUT2D eigenvalue weighted by Crippen LogP contribution is 2.39. The Kier molecular flexibility index (Phi) is 4.61. The first-order valence-electron chi connectivity index (χ1n) is 8.57. The lowest BCUT2D eigenvalue weighted by atomic mass is 9.86. The smallest absolute Gasteiger partial charge is 0.222 e. The molecule has 0 bridgehead atoms. The van der Waals surface area contributed by atoms with Crippen molar-refractivity contribution in [2.45, 2.75) is 31.6 Å². The second kappa shape index (κ2) is 6.86. The molecule has 3 N–H and O–H groups in total. The first-order valence-corrected chi connectivity index (χ1v) is 9.76. The summed E-state index contributed by atoms with van der Waals surface area (Å²) in [6.45, 7) is 4.07. The second-order valence-electron chi connectivity index (χ2n) is 6.50. The highest BCUT2D eigenvalue weighted by Gasteiger charge is 2.27. The van der Waals surface area contributed by atoms with Crippen LogP contribution in [0.25, 0.3) is 0 Å². The molecule has 2 aromatic heterocycles. The number of halogens is 1. The van der Waals surface area contributed by atoms with E-state index in [0.29, 0.717) is 11.9 Å². The fourth-order valence-corrected chi connectivity index (χ4v) is 4.92. The van der Waals surface area contributed by atoms with Crippen LogP contribution in [0.2, 0.25) is 4.34 Å². The van der Waals surface area contributed by atoms with Crippen molar-refractivity contribution in [2.24, 2.45) is 0 Å². The summed E-state index contributed by atoms with van der Waals surface area (Å²) in [6.07, 6.45) is 4.19. The van der Waals surface area contributed by atoms with Crippen molar-refractivity contribution < 1.29 is 0 Å². The molecule has 4 rings (SSSR count). The van der Waals surface area contributed by atoms with Crippen LogP contribution in [0.5, 0.6) is 0 Å². The number of hydrogen-bond acceptors (Lipinski definition) is 6. The molecular weight excluding hydrogens is 342 g/mol. The van der Waals surface area contributed by atoms with E-state index >= 15 is 0 Å². The van der Waals surface area contributed by atoms with Crippen molar-refractivity contribution in [2.75, 3.05) is 36.8 Å². The van der Waals surface area contributed by atoms with Gasteiger partial charge in [0.15, 0.2) is 0 Å². The molecular formula is C17H22ClN5S. The van der Waals surface area contributed by atoms with Gasteiger partial charge >= 0.3 is 0 Å². The van der Waals surface area contributed by atoms with Gasteiger partial charge < -0.3 is 16.0 Å². The standard InChI is InChI=1S/C17H22ClN5S/c18-15-5-4-14(24-15)11-2-3-12-13(10-11)21-17(19)22-16(12)23-8-1-6-20-7-9-23/h4-5,11,20H,1-3,6-10H2,(H2,19,21,22). The average Bonchev–Trinajstić information content (AvgIpc) is 2.84. The Morgan fingerprint density at radius 3 is 3.00 bits per heavy atom. The maximum absolute atomic E-state index is 6.11. The summed E-state index contributed by atoms with van der Waals surface area (Å²) in [7, 11) is 0. The van der Waals surface area contributed by atoms with Crippen LogP contribution in [0.1, 0.15) is 34.9 Å². The highest BCUT2D eigenvalue weighted by atomic mass is 35.5. The van der Waals surface area contributed by atoms with E-state index in [1.165, 1.54) is 10.4 Å². The third kappa shape index (κ3) is 3.23. The maximum atomic E-state index is 6.11. The van der Waals surface area contributed by atoms with Gasteiger partial charge in [0.2, 0.25) is 5.95 Å². The number of nitrogens with two attached hydrogens (primary N) is 1. The predicted octanol–water partition coefficient (Wildman–Crippen LogP) is 2.85. The first-order chi connectivity index (χ1) is 11.7. The van der Waals surface area contributed by atoms with Crippen LogP contribution in [0, 0.1) is 0 Å². The van der Waals surface area contributed by atoms with Crippen molar-refractivity contribution in [3.05, 3.63) is 32.6 Å². The Hall–Kier alpha value is -1.37. The van der Waals surface area contributed by atoms with Crippen molar-refractivity contribution in [1.82, 2.24) is 15.3 Å². The van der Waals surface area contributed by atoms with Gasteiger partial charge in [-0.15, -0.1) is 11.3 Å². The van der Waals surface area contributed by atoms with E-state index in [0.717, 1.165) is 67.7 Å². The molecule has 1 saturated heterocycles. The van der Waals surface area contributed by atoms with Gasteiger partial charge in [0, 0.05) is 30.1 Å². The minimum Gasteiger partial charge on any atom is -0.368 e. The molecule has 0 aromatic carbocycles. The quantitative estimate of drug-likeness (QED) is 0.858. The minimum atomic E-state index is 0.394. The molecule has 1 atom stereocenters. The number of thiophene rings is 1. The second-order valence-corrected chi connectivity index (χ2v) is 8.25. The van der Waals surface area contributed by atoms with Gasteiger partial charge in [-0.25, -0.2) is 4.98 Å². The number of anilines is 2. The summed E-state index contributed by atoms with van der Waals surface area (Å²) in [5.41, 5.74) is 8.45. The molecule has 3 heterocycles. The summed E-state index contributed by atoms with van der Waals surface area (Å²) in [5, 5.41) is 3.45. The molecule has 1 unspecified atom stereocenters. The van der Waals surface area contributed by atoms with Crippen LogP contribution < -0.4 is 16.0 Å². The minimum absolute atomic E-state index is 0.394. The Balaban J connectivity index is 1.64. The van der Waals surface area contributed by atoms with Crippen molar-refractivity contribution >= 4 is 34.7 Å². The van der Waals surface area contributed by atoms with Crippen LogP contribution >= 0.6 is 22.9 Å². The van der Waals surface area contributed by atoms with Gasteiger partial charge in [-0.3, -0.25) is 0 Å². The SMILES string of the molecule is Nc1nc2c(c(N3CCCNCC3)n1)CCC(c1ccc(Cl)s1)C2. The number of aromatic nitrogens is 2. The molecule has 128 valence electrons. The number of fused-ring (bicyclic) bond motifs is 1. The molecule has 1 fully saturated rings. The molecule has 1 aliphatic carbocycles. The van der Waals surface area contributed by atoms with Gasteiger partial charge in [-0.1, -0.05) is 11.6 Å². The molecule has 0 saturated carbocycles. The fraction of sp³-hybridized carbons (Fsp3) is 0.529. The van der Waals surface area contributed by atoms with Crippen molar-refractivity contribution in [3.8, 4) is 0 Å². The van der Waals surface area contributed by atoms with Gasteiger partial charge in [0.1, 0.15) is 5.82 Å². The monoisotopic (exact) mass is 363 g/mol. The number of nitrogen functional groups attached to an aromatic ring is 1. The van der Waals surface area contributed by atoms with Gasteiger partial charge in [0.25, 0.3) is 0 Å². The van der Waals surface area contributed by atoms with Crippen LogP contribution in [0.4, 0.5) is 11.8 Å². The van der Waals surface area contributed by atoms with Gasteiger partial charge in [-0.2, -0.15) is 4.98 Å². The largest absolute Gasteiger partial charge is 0.368 e. The lowest BCUT2D eigenvalue weighted by Gasteiger charge is -2.29. The van der Waals surface area contributed by atoms with Crippen LogP contribution in [-0.4, -0.2) is 36.1 Å². The lowest BCUT2D eigenvalue weighted by Crippen LogP contribution is -2.31. The zero-order valence-electron chi connectivity index (χ0n) is 13.6. The van der Waals surface area contributed by atoms with Crippen molar-refractivity contribution in [1.29, 1.82) is 0 Å². The molecule has 24 heavy (non-hydrogen) atoms. The van der Waals surface area contributed by atoms with E-state index < -0.39 is 0 Å². The predicted molar refractivity (Wildman–Crippen MR) is 100 cm³/mol. The summed E-state index contributed by atoms with van der Waals surface area (Å²) >= 11 is 7.79. The Morgan fingerprint density at radius 2 is 2.17 bits per heavy atom. The topological polar surface area (TPSA) is 67.1 Å². The number of rotatable bonds is 2. The zero-order valence-corrected chi connectivity index (χ0v) is 15.2. The van der Waals surface area contributed by atoms with Crippen LogP contribution in [0.3, 0.4) is 0 Å². The van der Waals surface area contributed by atoms with Crippen molar-refractivity contribution in [3.63, 3.8) is 0 Å². The van der Waals surface area contributed by atoms with Crippen LogP contribution in [0.15, 0.2) is 12.1 Å². The number of nitrogens with one attached hydrogen (secondary N) is 1. The molecule has 0 amide bonds. The number of nitrogens with zero attached hydrogens (tertiary/aromatic N) is 3. The van der Waals surface area contributed by atoms with Gasteiger partial charge in [-0.05, 0) is 50.3 Å². The highest BCUT2D eigenvalue weighted by molar-refractivity contribution is 7.16. The van der Waals surface area contributed by atoms with E-state index in [4.69, 9.17) is 17.3 Å². The Bertz CT molecular complexity index is 724. The van der Waals surface area contributed by atoms with E-state index in [1.807, 2.05) is 6.07 Å². The molecule has 0 radical (unpaired) electrons. The Morgan fingerprint density at radius 1 is 1.25 bits per heavy atom. The average molecular weight is 364 g/mol. The molecule has 7 heteroatoms. The Labute approximate surface area is 151 Å². The zero-order chi connectivity index (χ0) is 16.5. The summed E-state index contributed by atoms with van der Waals surface area (Å²) in [4.78, 5) is 12.9.